The van der Waals surface area contributed by atoms with Crippen molar-refractivity contribution in [1.29, 1.82) is 0 Å². The third-order valence-corrected chi connectivity index (χ3v) is 3.40. The van der Waals surface area contributed by atoms with E-state index in [2.05, 4.69) is 13.5 Å². The Kier molecular flexibility index (Phi) is 9.23. The Morgan fingerprint density at radius 3 is 1.89 bits per heavy atom. The first-order valence-corrected chi connectivity index (χ1v) is 7.72. The van der Waals surface area contributed by atoms with Crippen molar-refractivity contribution < 1.29 is 9.47 Å². The van der Waals surface area contributed by atoms with E-state index < -0.39 is 0 Å². The molecule has 106 valence electrons. The fourth-order valence-electron chi connectivity index (χ4n) is 1.93. The molecular weight excluding hydrogens is 224 g/mol. The quantitative estimate of drug-likeness (QED) is 0.326. The lowest BCUT2D eigenvalue weighted by atomic mass is 10.1. The van der Waals surface area contributed by atoms with Crippen LogP contribution in [0.5, 0.6) is 0 Å². The first kappa shape index (κ1) is 15.7. The molecule has 2 heteroatoms. The second-order valence-electron chi connectivity index (χ2n) is 5.33. The largest absolute Gasteiger partial charge is 0.373 e. The average molecular weight is 254 g/mol. The Balaban J connectivity index is 0.000000269. The molecule has 2 rings (SSSR count). The summed E-state index contributed by atoms with van der Waals surface area (Å²) in [4.78, 5) is 0. The molecule has 0 N–H and O–H groups in total. The third-order valence-electron chi connectivity index (χ3n) is 3.40. The molecular formula is C16H30O2. The van der Waals surface area contributed by atoms with Gasteiger partial charge in [0.25, 0.3) is 0 Å². The molecule has 2 atom stereocenters. The molecule has 2 nitrogen and oxygen atoms in total. The van der Waals surface area contributed by atoms with Crippen LogP contribution in [0.3, 0.4) is 0 Å². The number of hydrogen-bond donors (Lipinski definition) is 0. The van der Waals surface area contributed by atoms with Gasteiger partial charge in [0.05, 0.1) is 25.4 Å². The highest BCUT2D eigenvalue weighted by molar-refractivity contribution is 4.87. The van der Waals surface area contributed by atoms with Crippen LogP contribution in [0, 0.1) is 0 Å². The van der Waals surface area contributed by atoms with Crippen molar-refractivity contribution in [1.82, 2.24) is 0 Å². The summed E-state index contributed by atoms with van der Waals surface area (Å²) < 4.78 is 9.91. The molecule has 2 unspecified atom stereocenters. The minimum atomic E-state index is 0.398. The van der Waals surface area contributed by atoms with Crippen molar-refractivity contribution in [2.45, 2.75) is 76.9 Å². The summed E-state index contributed by atoms with van der Waals surface area (Å²) in [5.74, 6) is 0. The van der Waals surface area contributed by atoms with E-state index in [-0.39, 0.29) is 0 Å². The molecule has 0 saturated carbocycles. The van der Waals surface area contributed by atoms with Crippen LogP contribution in [0.15, 0.2) is 12.7 Å². The molecule has 2 aliphatic rings. The van der Waals surface area contributed by atoms with Gasteiger partial charge in [0, 0.05) is 0 Å². The predicted molar refractivity (Wildman–Crippen MR) is 76.9 cm³/mol. The Bertz CT molecular complexity index is 195. The molecule has 0 spiro atoms. The van der Waals surface area contributed by atoms with Crippen LogP contribution < -0.4 is 0 Å². The van der Waals surface area contributed by atoms with Crippen molar-refractivity contribution in [3.8, 4) is 0 Å². The second-order valence-corrected chi connectivity index (χ2v) is 5.33. The van der Waals surface area contributed by atoms with Crippen molar-refractivity contribution in [2.24, 2.45) is 0 Å². The van der Waals surface area contributed by atoms with Crippen LogP contribution in [0.25, 0.3) is 0 Å². The zero-order valence-electron chi connectivity index (χ0n) is 12.0. The first-order valence-electron chi connectivity index (χ1n) is 7.72. The third kappa shape index (κ3) is 10.8. The van der Waals surface area contributed by atoms with Crippen LogP contribution in [0.1, 0.15) is 64.7 Å². The van der Waals surface area contributed by atoms with Crippen molar-refractivity contribution in [3.63, 3.8) is 0 Å². The number of epoxide rings is 2. The van der Waals surface area contributed by atoms with E-state index in [1.165, 1.54) is 57.8 Å². The molecule has 0 aromatic carbocycles. The maximum Gasteiger partial charge on any atom is 0.0988 e. The van der Waals surface area contributed by atoms with E-state index in [9.17, 15) is 0 Å². The maximum atomic E-state index is 5.17. The van der Waals surface area contributed by atoms with Gasteiger partial charge in [0.15, 0.2) is 0 Å². The first-order chi connectivity index (χ1) is 8.86. The summed E-state index contributed by atoms with van der Waals surface area (Å²) in [6, 6.07) is 0. The van der Waals surface area contributed by atoms with Gasteiger partial charge in [-0.3, -0.25) is 0 Å². The van der Waals surface area contributed by atoms with Gasteiger partial charge in [-0.15, -0.1) is 6.58 Å². The molecule has 2 fully saturated rings. The summed E-state index contributed by atoms with van der Waals surface area (Å²) in [5, 5.41) is 0. The van der Waals surface area contributed by atoms with Crippen LogP contribution in [0.4, 0.5) is 0 Å². The molecule has 0 radical (unpaired) electrons. The number of rotatable bonds is 10. The molecule has 0 bridgehead atoms. The molecule has 0 aromatic heterocycles. The van der Waals surface area contributed by atoms with E-state index in [4.69, 9.17) is 9.47 Å². The highest BCUT2D eigenvalue weighted by Gasteiger charge is 2.20. The topological polar surface area (TPSA) is 25.1 Å². The zero-order valence-corrected chi connectivity index (χ0v) is 12.0. The number of hydrogen-bond acceptors (Lipinski definition) is 2. The van der Waals surface area contributed by atoms with Crippen LogP contribution in [-0.4, -0.2) is 25.4 Å². The summed E-state index contributed by atoms with van der Waals surface area (Å²) in [5.41, 5.74) is 0. The molecule has 2 heterocycles. The monoisotopic (exact) mass is 254 g/mol. The molecule has 2 saturated heterocycles. The standard InChI is InChI=1S/C12H24O.C4H6O/c1-2-3-4-5-6-7-8-9-10-12-11-13-12;1-2-4-3-5-4/h12H,2-11H2,1H3;2,4H,1,3H2. The Morgan fingerprint density at radius 2 is 1.50 bits per heavy atom. The lowest BCUT2D eigenvalue weighted by Crippen LogP contribution is -1.85. The van der Waals surface area contributed by atoms with Gasteiger partial charge in [0.1, 0.15) is 0 Å². The van der Waals surface area contributed by atoms with Crippen LogP contribution in [-0.2, 0) is 9.47 Å². The van der Waals surface area contributed by atoms with Crippen LogP contribution >= 0.6 is 0 Å². The smallest absolute Gasteiger partial charge is 0.0988 e. The molecule has 0 aromatic rings. The van der Waals surface area contributed by atoms with E-state index in [0.29, 0.717) is 12.2 Å². The highest BCUT2D eigenvalue weighted by atomic mass is 16.6. The van der Waals surface area contributed by atoms with Crippen molar-refractivity contribution >= 4 is 0 Å². The Hall–Kier alpha value is -0.340. The summed E-state index contributed by atoms with van der Waals surface area (Å²) >= 11 is 0. The SMILES string of the molecule is C=CC1CO1.CCCCCCCCCCC1CO1. The van der Waals surface area contributed by atoms with E-state index in [1.54, 1.807) is 6.08 Å². The average Bonchev–Trinajstić information content (AvgIpc) is 3.28. The van der Waals surface area contributed by atoms with Gasteiger partial charge in [0.2, 0.25) is 0 Å². The normalized spacial score (nSPS) is 24.1. The van der Waals surface area contributed by atoms with Crippen molar-refractivity contribution in [2.75, 3.05) is 13.2 Å². The number of unbranched alkanes of at least 4 members (excludes halogenated alkanes) is 7. The van der Waals surface area contributed by atoms with E-state index in [0.717, 1.165) is 13.2 Å². The number of ether oxygens (including phenoxy) is 2. The van der Waals surface area contributed by atoms with Gasteiger partial charge in [-0.05, 0) is 6.42 Å². The van der Waals surface area contributed by atoms with E-state index >= 15 is 0 Å². The molecule has 0 aliphatic carbocycles. The summed E-state index contributed by atoms with van der Waals surface area (Å²) in [6.45, 7) is 7.70. The zero-order chi connectivity index (χ0) is 13.1. The lowest BCUT2D eigenvalue weighted by molar-refractivity contribution is 0.387. The van der Waals surface area contributed by atoms with Gasteiger partial charge in [-0.2, -0.15) is 0 Å². The Morgan fingerprint density at radius 1 is 0.944 bits per heavy atom. The highest BCUT2D eigenvalue weighted by Crippen LogP contribution is 2.18. The molecule has 2 aliphatic heterocycles. The van der Waals surface area contributed by atoms with Crippen molar-refractivity contribution in [3.05, 3.63) is 12.7 Å². The lowest BCUT2D eigenvalue weighted by Gasteiger charge is -1.99. The van der Waals surface area contributed by atoms with Gasteiger partial charge >= 0.3 is 0 Å². The minimum Gasteiger partial charge on any atom is -0.373 e. The Labute approximate surface area is 113 Å². The minimum absolute atomic E-state index is 0.398. The molecule has 18 heavy (non-hydrogen) atoms. The second kappa shape index (κ2) is 10.6. The fraction of sp³-hybridized carbons (Fsp3) is 0.875. The molecule has 0 amide bonds. The summed E-state index contributed by atoms with van der Waals surface area (Å²) in [6.07, 6.45) is 15.6. The maximum absolute atomic E-state index is 5.17. The predicted octanol–water partition coefficient (Wildman–Crippen LogP) is 4.49. The van der Waals surface area contributed by atoms with Gasteiger partial charge < -0.3 is 9.47 Å². The fourth-order valence-corrected chi connectivity index (χ4v) is 1.93. The van der Waals surface area contributed by atoms with Crippen LogP contribution in [0.2, 0.25) is 0 Å². The van der Waals surface area contributed by atoms with E-state index in [1.807, 2.05) is 0 Å². The summed E-state index contributed by atoms with van der Waals surface area (Å²) in [7, 11) is 0. The van der Waals surface area contributed by atoms with Gasteiger partial charge in [-0.25, -0.2) is 0 Å². The van der Waals surface area contributed by atoms with Gasteiger partial charge in [-0.1, -0.05) is 64.4 Å².